The Hall–Kier alpha value is -3.77. The van der Waals surface area contributed by atoms with E-state index in [2.05, 4.69) is 10.6 Å². The number of ether oxygens (including phenoxy) is 2. The Labute approximate surface area is 176 Å². The fourth-order valence-electron chi connectivity index (χ4n) is 3.26. The lowest BCUT2D eigenvalue weighted by molar-refractivity contribution is -0.133. The number of nitrogens with zero attached hydrogens (tertiary/aromatic N) is 2. The molecule has 0 radical (unpaired) electrons. The molecule has 9 nitrogen and oxygen atoms in total. The highest BCUT2D eigenvalue weighted by Gasteiger charge is 2.49. The van der Waals surface area contributed by atoms with Gasteiger partial charge in [0.2, 0.25) is 12.7 Å². The number of urea groups is 1. The molecule has 30 heavy (non-hydrogen) atoms. The van der Waals surface area contributed by atoms with E-state index in [9.17, 15) is 14.4 Å². The van der Waals surface area contributed by atoms with Gasteiger partial charge in [-0.25, -0.2) is 4.79 Å². The van der Waals surface area contributed by atoms with E-state index in [-0.39, 0.29) is 17.5 Å². The highest BCUT2D eigenvalue weighted by molar-refractivity contribution is 6.34. The second-order valence-corrected chi connectivity index (χ2v) is 7.28. The highest BCUT2D eigenvalue weighted by atomic mass is 35.5. The van der Waals surface area contributed by atoms with Crippen molar-refractivity contribution in [2.45, 2.75) is 12.5 Å². The van der Waals surface area contributed by atoms with Gasteiger partial charge in [0, 0.05) is 12.1 Å². The molecule has 2 aromatic rings. The number of hydrogen-bond acceptors (Lipinski definition) is 6. The van der Waals surface area contributed by atoms with Gasteiger partial charge in [0.25, 0.3) is 5.91 Å². The van der Waals surface area contributed by atoms with Crippen LogP contribution in [0.3, 0.4) is 0 Å². The van der Waals surface area contributed by atoms with Gasteiger partial charge in [-0.05, 0) is 24.6 Å². The summed E-state index contributed by atoms with van der Waals surface area (Å²) in [4.78, 5) is 38.7. The maximum absolute atomic E-state index is 12.9. The number of anilines is 1. The van der Waals surface area contributed by atoms with E-state index in [1.165, 1.54) is 12.1 Å². The van der Waals surface area contributed by atoms with Crippen LogP contribution < -0.4 is 20.1 Å². The van der Waals surface area contributed by atoms with Crippen molar-refractivity contribution in [3.63, 3.8) is 0 Å². The molecule has 0 aromatic heterocycles. The number of rotatable bonds is 4. The summed E-state index contributed by atoms with van der Waals surface area (Å²) >= 11 is 6.14. The first kappa shape index (κ1) is 19.5. The molecule has 4 amide bonds. The molecule has 152 valence electrons. The van der Waals surface area contributed by atoms with Crippen molar-refractivity contribution in [3.8, 4) is 17.6 Å². The fraction of sp³-hybridized carbons (Fsp3) is 0.200. The number of nitriles is 1. The third-order valence-corrected chi connectivity index (χ3v) is 5.22. The van der Waals surface area contributed by atoms with Crippen molar-refractivity contribution in [2.24, 2.45) is 0 Å². The van der Waals surface area contributed by atoms with Gasteiger partial charge in [0.1, 0.15) is 12.1 Å². The van der Waals surface area contributed by atoms with Crippen LogP contribution in [0.4, 0.5) is 10.5 Å². The third-order valence-electron chi connectivity index (χ3n) is 4.90. The monoisotopic (exact) mass is 426 g/mol. The van der Waals surface area contributed by atoms with Crippen molar-refractivity contribution in [1.82, 2.24) is 10.2 Å². The minimum Gasteiger partial charge on any atom is -0.454 e. The first-order valence-electron chi connectivity index (χ1n) is 8.85. The van der Waals surface area contributed by atoms with Crippen molar-refractivity contribution in [1.29, 1.82) is 5.26 Å². The number of halogens is 1. The summed E-state index contributed by atoms with van der Waals surface area (Å²) in [6, 6.07) is 10.6. The quantitative estimate of drug-likeness (QED) is 0.724. The topological polar surface area (TPSA) is 121 Å². The second kappa shape index (κ2) is 7.24. The molecule has 0 saturated carbocycles. The number of hydrogen-bond donors (Lipinski definition) is 2. The Bertz CT molecular complexity index is 1110. The predicted octanol–water partition coefficient (Wildman–Crippen LogP) is 2.35. The van der Waals surface area contributed by atoms with Gasteiger partial charge in [0.05, 0.1) is 22.3 Å². The maximum Gasteiger partial charge on any atom is 0.325 e. The molecule has 0 bridgehead atoms. The van der Waals surface area contributed by atoms with E-state index >= 15 is 0 Å². The van der Waals surface area contributed by atoms with Crippen LogP contribution >= 0.6 is 11.6 Å². The molecule has 0 aliphatic carbocycles. The van der Waals surface area contributed by atoms with E-state index in [0.717, 1.165) is 4.90 Å². The average Bonchev–Trinajstić information content (AvgIpc) is 3.26. The molecule has 1 saturated heterocycles. The predicted molar refractivity (Wildman–Crippen MR) is 105 cm³/mol. The van der Waals surface area contributed by atoms with Crippen LogP contribution in [-0.2, 0) is 15.1 Å². The standard InChI is InChI=1S/C20H15ClN4O5/c1-20(12-4-2-11(8-22)3-5-12)18(27)25(19(28)24-20)9-17(26)23-14-7-16-15(6-13(14)21)29-10-30-16/h2-7H,9-10H2,1H3,(H,23,26)(H,24,28). The molecule has 2 aliphatic heterocycles. The van der Waals surface area contributed by atoms with Crippen LogP contribution in [0.5, 0.6) is 11.5 Å². The summed E-state index contributed by atoms with van der Waals surface area (Å²) in [5.41, 5.74) is -0.146. The Morgan fingerprint density at radius 3 is 2.60 bits per heavy atom. The molecule has 1 atom stereocenters. The molecular weight excluding hydrogens is 412 g/mol. The Balaban J connectivity index is 1.49. The molecule has 2 heterocycles. The number of benzene rings is 2. The zero-order chi connectivity index (χ0) is 21.5. The highest BCUT2D eigenvalue weighted by Crippen LogP contribution is 2.39. The first-order valence-corrected chi connectivity index (χ1v) is 9.23. The molecule has 2 aromatic carbocycles. The van der Waals surface area contributed by atoms with Crippen molar-refractivity contribution >= 4 is 35.1 Å². The van der Waals surface area contributed by atoms with E-state index < -0.39 is 29.9 Å². The molecule has 0 spiro atoms. The van der Waals surface area contributed by atoms with Crippen LogP contribution in [0.25, 0.3) is 0 Å². The van der Waals surface area contributed by atoms with Crippen LogP contribution in [-0.4, -0.2) is 36.1 Å². The van der Waals surface area contributed by atoms with Crippen LogP contribution in [0.1, 0.15) is 18.1 Å². The van der Waals surface area contributed by atoms with E-state index in [1.54, 1.807) is 31.2 Å². The SMILES string of the molecule is CC1(c2ccc(C#N)cc2)NC(=O)N(CC(=O)Nc2cc3c(cc2Cl)OCO3)C1=O. The Morgan fingerprint density at radius 2 is 1.93 bits per heavy atom. The Morgan fingerprint density at radius 1 is 1.27 bits per heavy atom. The molecule has 2 aliphatic rings. The first-order chi connectivity index (χ1) is 14.3. The lowest BCUT2D eigenvalue weighted by Gasteiger charge is -2.22. The van der Waals surface area contributed by atoms with E-state index in [1.807, 2.05) is 6.07 Å². The average molecular weight is 427 g/mol. The van der Waals surface area contributed by atoms with Gasteiger partial charge in [0.15, 0.2) is 11.5 Å². The number of imide groups is 1. The number of carbonyl (C=O) groups is 3. The number of nitrogens with one attached hydrogen (secondary N) is 2. The second-order valence-electron chi connectivity index (χ2n) is 6.87. The summed E-state index contributed by atoms with van der Waals surface area (Å²) < 4.78 is 10.5. The van der Waals surface area contributed by atoms with Gasteiger partial charge in [-0.2, -0.15) is 5.26 Å². The summed E-state index contributed by atoms with van der Waals surface area (Å²) in [6.45, 7) is 1.10. The zero-order valence-corrected chi connectivity index (χ0v) is 16.4. The van der Waals surface area contributed by atoms with E-state index in [4.69, 9.17) is 26.3 Å². The minimum absolute atomic E-state index is 0.0550. The number of amides is 4. The van der Waals surface area contributed by atoms with Gasteiger partial charge in [-0.1, -0.05) is 23.7 Å². The molecule has 1 unspecified atom stereocenters. The molecule has 4 rings (SSSR count). The maximum atomic E-state index is 12.9. The molecule has 2 N–H and O–H groups in total. The number of fused-ring (bicyclic) bond motifs is 1. The molecule has 10 heteroatoms. The van der Waals surface area contributed by atoms with Crippen LogP contribution in [0.2, 0.25) is 5.02 Å². The van der Waals surface area contributed by atoms with Gasteiger partial charge in [-0.3, -0.25) is 14.5 Å². The van der Waals surface area contributed by atoms with Crippen molar-refractivity contribution in [2.75, 3.05) is 18.7 Å². The van der Waals surface area contributed by atoms with Gasteiger partial charge in [-0.15, -0.1) is 0 Å². The lowest BCUT2D eigenvalue weighted by Crippen LogP contribution is -2.42. The molecular formula is C20H15ClN4O5. The van der Waals surface area contributed by atoms with Crippen LogP contribution in [0, 0.1) is 11.3 Å². The Kier molecular flexibility index (Phi) is 4.72. The van der Waals surface area contributed by atoms with Crippen molar-refractivity contribution in [3.05, 3.63) is 52.5 Å². The van der Waals surface area contributed by atoms with E-state index in [0.29, 0.717) is 22.6 Å². The molecule has 1 fully saturated rings. The van der Waals surface area contributed by atoms with Gasteiger partial charge < -0.3 is 20.1 Å². The summed E-state index contributed by atoms with van der Waals surface area (Å²) in [7, 11) is 0. The zero-order valence-electron chi connectivity index (χ0n) is 15.7. The summed E-state index contributed by atoms with van der Waals surface area (Å²) in [5.74, 6) is -0.296. The third kappa shape index (κ3) is 3.27. The lowest BCUT2D eigenvalue weighted by atomic mass is 9.91. The van der Waals surface area contributed by atoms with Crippen LogP contribution in [0.15, 0.2) is 36.4 Å². The normalized spacial score (nSPS) is 19.4. The smallest absolute Gasteiger partial charge is 0.325 e. The largest absolute Gasteiger partial charge is 0.454 e. The minimum atomic E-state index is -1.35. The van der Waals surface area contributed by atoms with Gasteiger partial charge >= 0.3 is 6.03 Å². The van der Waals surface area contributed by atoms with Crippen molar-refractivity contribution < 1.29 is 23.9 Å². The fourth-order valence-corrected chi connectivity index (χ4v) is 3.46. The summed E-state index contributed by atoms with van der Waals surface area (Å²) in [5, 5.41) is 14.3. The number of carbonyl (C=O) groups excluding carboxylic acids is 3. The summed E-state index contributed by atoms with van der Waals surface area (Å²) in [6.07, 6.45) is 0.